The van der Waals surface area contributed by atoms with E-state index in [1.165, 1.54) is 21.3 Å². The van der Waals surface area contributed by atoms with Gasteiger partial charge in [0.25, 0.3) is 5.91 Å². The molecule has 0 saturated carbocycles. The highest BCUT2D eigenvalue weighted by Crippen LogP contribution is 2.48. The first-order valence-electron chi connectivity index (χ1n) is 11.4. The van der Waals surface area contributed by atoms with E-state index in [-0.39, 0.29) is 36.8 Å². The average Bonchev–Trinajstić information content (AvgIpc) is 3.20. The number of methoxy groups -OCH3 is 3. The van der Waals surface area contributed by atoms with Crippen LogP contribution >= 0.6 is 24.8 Å². The first kappa shape index (κ1) is 28.8. The highest BCUT2D eigenvalue weighted by atomic mass is 35.5. The molecule has 2 bridgehead atoms. The number of benzene rings is 2. The number of hydrogen-bond donors (Lipinski definition) is 2. The minimum atomic E-state index is -0.0886. The number of nitrogens with two attached hydrogens (primary N) is 1. The number of carbonyl (C=O) groups excluding carboxylic acids is 1. The zero-order valence-corrected chi connectivity index (χ0v) is 22.0. The van der Waals surface area contributed by atoms with Crippen molar-refractivity contribution in [3.8, 4) is 28.7 Å². The summed E-state index contributed by atoms with van der Waals surface area (Å²) < 4.78 is 23.0. The first-order valence-corrected chi connectivity index (χ1v) is 11.4. The first-order chi connectivity index (χ1) is 16.1. The number of hydrogen-bond acceptors (Lipinski definition) is 7. The molecule has 3 aliphatic rings. The van der Waals surface area contributed by atoms with E-state index in [9.17, 15) is 4.79 Å². The summed E-state index contributed by atoms with van der Waals surface area (Å²) >= 11 is 0. The molecule has 1 amide bonds. The predicted octanol–water partition coefficient (Wildman–Crippen LogP) is 3.67. The largest absolute Gasteiger partial charge is 0.492 e. The molecule has 3 saturated heterocycles. The van der Waals surface area contributed by atoms with Gasteiger partial charge >= 0.3 is 0 Å². The Bertz CT molecular complexity index is 986. The molecular formula is C25H35Cl2N3O5. The molecule has 0 unspecified atom stereocenters. The van der Waals surface area contributed by atoms with E-state index in [4.69, 9.17) is 24.7 Å². The van der Waals surface area contributed by atoms with Crippen molar-refractivity contribution in [3.63, 3.8) is 0 Å². The van der Waals surface area contributed by atoms with Crippen LogP contribution in [0.15, 0.2) is 30.3 Å². The number of nitrogens with one attached hydrogen (secondary N) is 1. The Balaban J connectivity index is 0.00000216. The number of piperidine rings is 1. The van der Waals surface area contributed by atoms with Crippen molar-refractivity contribution in [1.29, 1.82) is 0 Å². The second kappa shape index (κ2) is 13.1. The Hall–Kier alpha value is -2.39. The zero-order chi connectivity index (χ0) is 23.4. The molecule has 3 N–H and O–H groups in total. The van der Waals surface area contributed by atoms with Crippen molar-refractivity contribution in [2.24, 2.45) is 11.7 Å². The number of carbonyl (C=O) groups is 1. The van der Waals surface area contributed by atoms with E-state index >= 15 is 0 Å². The topological polar surface area (TPSA) is 95.3 Å². The van der Waals surface area contributed by atoms with Gasteiger partial charge in [0.2, 0.25) is 11.5 Å². The van der Waals surface area contributed by atoms with Crippen LogP contribution in [0.25, 0.3) is 0 Å². The van der Waals surface area contributed by atoms with Crippen LogP contribution in [0.5, 0.6) is 28.7 Å². The highest BCUT2D eigenvalue weighted by molar-refractivity contribution is 5.99. The van der Waals surface area contributed by atoms with Gasteiger partial charge in [-0.25, -0.2) is 0 Å². The molecule has 2 aromatic carbocycles. The van der Waals surface area contributed by atoms with Gasteiger partial charge in [0, 0.05) is 25.2 Å². The Labute approximate surface area is 219 Å². The summed E-state index contributed by atoms with van der Waals surface area (Å²) in [5.74, 6) is 2.43. The third-order valence-electron chi connectivity index (χ3n) is 6.46. The van der Waals surface area contributed by atoms with Gasteiger partial charge in [0.15, 0.2) is 11.5 Å². The quantitative estimate of drug-likeness (QED) is 0.540. The van der Waals surface area contributed by atoms with Gasteiger partial charge in [-0.3, -0.25) is 4.79 Å². The molecule has 194 valence electrons. The highest BCUT2D eigenvalue weighted by Gasteiger charge is 2.37. The fourth-order valence-corrected chi connectivity index (χ4v) is 4.77. The lowest BCUT2D eigenvalue weighted by atomic mass is 9.94. The van der Waals surface area contributed by atoms with Crippen molar-refractivity contribution >= 4 is 30.7 Å². The molecule has 0 radical (unpaired) electrons. The lowest BCUT2D eigenvalue weighted by molar-refractivity contribution is 0.0587. The summed E-state index contributed by atoms with van der Waals surface area (Å²) in [6.07, 6.45) is 2.93. The van der Waals surface area contributed by atoms with Crippen LogP contribution in [0, 0.1) is 5.92 Å². The van der Waals surface area contributed by atoms with Crippen molar-refractivity contribution in [2.75, 3.05) is 47.5 Å². The van der Waals surface area contributed by atoms with E-state index in [1.807, 2.05) is 29.2 Å². The maximum atomic E-state index is 13.8. The summed E-state index contributed by atoms with van der Waals surface area (Å²) in [6, 6.07) is 9.56. The van der Waals surface area contributed by atoms with Crippen molar-refractivity contribution in [3.05, 3.63) is 41.5 Å². The van der Waals surface area contributed by atoms with Gasteiger partial charge < -0.3 is 34.9 Å². The summed E-state index contributed by atoms with van der Waals surface area (Å²) in [4.78, 5) is 15.7. The number of halogens is 2. The number of ether oxygens (including phenoxy) is 4. The smallest absolute Gasteiger partial charge is 0.258 e. The number of nitrogens with zero attached hydrogens (tertiary/aromatic N) is 1. The fourth-order valence-electron chi connectivity index (χ4n) is 4.77. The van der Waals surface area contributed by atoms with Crippen LogP contribution in [0.4, 0.5) is 0 Å². The van der Waals surface area contributed by atoms with Gasteiger partial charge in [0.1, 0.15) is 5.75 Å². The molecule has 0 aromatic heterocycles. The predicted molar refractivity (Wildman–Crippen MR) is 140 cm³/mol. The third kappa shape index (κ3) is 6.06. The Morgan fingerprint density at radius 2 is 1.69 bits per heavy atom. The number of rotatable bonds is 8. The molecule has 3 aliphatic heterocycles. The Morgan fingerprint density at radius 3 is 2.31 bits per heavy atom. The molecule has 0 aliphatic carbocycles. The zero-order valence-electron chi connectivity index (χ0n) is 20.4. The van der Waals surface area contributed by atoms with Crippen LogP contribution in [0.3, 0.4) is 0 Å². The van der Waals surface area contributed by atoms with Crippen LogP contribution in [-0.2, 0) is 6.42 Å². The maximum absolute atomic E-state index is 13.8. The summed E-state index contributed by atoms with van der Waals surface area (Å²) in [6.45, 7) is 3.06. The second-order valence-electron chi connectivity index (χ2n) is 8.52. The van der Waals surface area contributed by atoms with E-state index in [2.05, 4.69) is 5.32 Å². The minimum absolute atomic E-state index is 0. The Kier molecular flexibility index (Phi) is 10.8. The van der Waals surface area contributed by atoms with Gasteiger partial charge in [-0.1, -0.05) is 12.1 Å². The molecule has 8 nitrogen and oxygen atoms in total. The van der Waals surface area contributed by atoms with Crippen LogP contribution in [-0.4, -0.2) is 64.4 Å². The maximum Gasteiger partial charge on any atom is 0.258 e. The summed E-state index contributed by atoms with van der Waals surface area (Å²) in [5.41, 5.74) is 7.17. The number of amides is 1. The van der Waals surface area contributed by atoms with E-state index in [0.29, 0.717) is 46.8 Å². The monoisotopic (exact) mass is 527 g/mol. The summed E-state index contributed by atoms with van der Waals surface area (Å²) in [7, 11) is 4.59. The molecule has 5 rings (SSSR count). The molecular weight excluding hydrogens is 493 g/mol. The minimum Gasteiger partial charge on any atom is -0.492 e. The van der Waals surface area contributed by atoms with Gasteiger partial charge in [-0.15, -0.1) is 24.8 Å². The van der Waals surface area contributed by atoms with Crippen molar-refractivity contribution in [2.45, 2.75) is 25.3 Å². The van der Waals surface area contributed by atoms with Gasteiger partial charge in [0.05, 0.1) is 26.9 Å². The van der Waals surface area contributed by atoms with Crippen molar-refractivity contribution in [1.82, 2.24) is 10.2 Å². The van der Waals surface area contributed by atoms with Gasteiger partial charge in [-0.2, -0.15) is 0 Å². The average molecular weight is 528 g/mol. The SMILES string of the molecule is COc1c(Oc2ccc(CCN)cc2)cc(C(=O)N2C[C@@H]3CC[C@H]2CNC3)c(OC)c1OC.Cl.Cl. The van der Waals surface area contributed by atoms with E-state index in [1.54, 1.807) is 6.07 Å². The number of fused-ring (bicyclic) bond motifs is 4. The molecule has 3 fully saturated rings. The molecule has 10 heteroatoms. The van der Waals surface area contributed by atoms with E-state index < -0.39 is 0 Å². The Morgan fingerprint density at radius 1 is 1.00 bits per heavy atom. The molecule has 2 aromatic rings. The molecule has 0 spiro atoms. The molecule has 2 atom stereocenters. The van der Waals surface area contributed by atoms with Crippen LogP contribution in [0.1, 0.15) is 28.8 Å². The van der Waals surface area contributed by atoms with Crippen LogP contribution in [0.2, 0.25) is 0 Å². The van der Waals surface area contributed by atoms with Crippen LogP contribution < -0.4 is 30.0 Å². The third-order valence-corrected chi connectivity index (χ3v) is 6.46. The van der Waals surface area contributed by atoms with Crippen molar-refractivity contribution < 1.29 is 23.7 Å². The molecule has 35 heavy (non-hydrogen) atoms. The normalized spacial score (nSPS) is 18.6. The lowest BCUT2D eigenvalue weighted by Crippen LogP contribution is -2.47. The van der Waals surface area contributed by atoms with E-state index in [0.717, 1.165) is 44.5 Å². The fraction of sp³-hybridized carbons (Fsp3) is 0.480. The standard InChI is InChI=1S/C25H33N3O5.2ClH/c1-30-22-20(25(29)28-15-17-4-7-18(28)14-27-13-17)12-21(23(31-2)24(22)32-3)33-19-8-5-16(6-9-19)10-11-26;;/h5-6,8-9,12,17-18,27H,4,7,10-11,13-15,26H2,1-3H3;2*1H/t17-,18+;;/m1../s1. The van der Waals surface area contributed by atoms with Gasteiger partial charge in [-0.05, 0) is 56.0 Å². The second-order valence-corrected chi connectivity index (χ2v) is 8.52. The lowest BCUT2D eigenvalue weighted by Gasteiger charge is -2.36. The molecule has 3 heterocycles. The summed E-state index contributed by atoms with van der Waals surface area (Å²) in [5, 5.41) is 3.47.